The summed E-state index contributed by atoms with van der Waals surface area (Å²) in [5.41, 5.74) is 3.48. The van der Waals surface area contributed by atoms with Crippen LogP contribution in [-0.4, -0.2) is 40.0 Å². The predicted octanol–water partition coefficient (Wildman–Crippen LogP) is 3.37. The van der Waals surface area contributed by atoms with Crippen molar-refractivity contribution in [3.8, 4) is 5.75 Å². The van der Waals surface area contributed by atoms with Crippen molar-refractivity contribution in [2.24, 2.45) is 0 Å². The number of amides is 1. The molecule has 122 valence electrons. The fraction of sp³-hybridized carbons (Fsp3) is 0.278. The van der Waals surface area contributed by atoms with Crippen LogP contribution in [-0.2, 0) is 0 Å². The lowest BCUT2D eigenvalue weighted by Gasteiger charge is -2.32. The Morgan fingerprint density at radius 2 is 2.12 bits per heavy atom. The highest BCUT2D eigenvalue weighted by atomic mass is 32.1. The second-order valence-corrected chi connectivity index (χ2v) is 6.72. The molecule has 2 aromatic heterocycles. The quantitative estimate of drug-likeness (QED) is 0.734. The molecule has 1 amide bonds. The highest BCUT2D eigenvalue weighted by Gasteiger charge is 2.25. The average molecular weight is 339 g/mol. The lowest BCUT2D eigenvalue weighted by atomic mass is 10.1. The Morgan fingerprint density at radius 1 is 1.25 bits per heavy atom. The topological polar surface area (TPSA) is 55.3 Å². The minimum Gasteiger partial charge on any atom is -0.489 e. The van der Waals surface area contributed by atoms with Gasteiger partial charge in [0, 0.05) is 37.7 Å². The van der Waals surface area contributed by atoms with Crippen LogP contribution >= 0.6 is 11.3 Å². The number of ether oxygens (including phenoxy) is 1. The Morgan fingerprint density at radius 3 is 2.92 bits per heavy atom. The maximum absolute atomic E-state index is 12.7. The minimum absolute atomic E-state index is 0.0881. The van der Waals surface area contributed by atoms with Gasteiger partial charge in [0.25, 0.3) is 5.91 Å². The summed E-state index contributed by atoms with van der Waals surface area (Å²) in [6.45, 7) is 1.43. The Balaban J connectivity index is 1.39. The number of fused-ring (bicyclic) bond motifs is 1. The summed E-state index contributed by atoms with van der Waals surface area (Å²) in [5.74, 6) is 0.878. The molecule has 5 nitrogen and oxygen atoms in total. The molecule has 0 atom stereocenters. The Bertz CT molecular complexity index is 842. The molecule has 6 heteroatoms. The average Bonchev–Trinajstić information content (AvgIpc) is 3.10. The second-order valence-electron chi connectivity index (χ2n) is 5.83. The molecule has 4 rings (SSSR count). The highest BCUT2D eigenvalue weighted by molar-refractivity contribution is 7.16. The number of aromatic nitrogens is 2. The molecule has 0 unspecified atom stereocenters. The van der Waals surface area contributed by atoms with E-state index in [1.54, 1.807) is 29.2 Å². The number of likely N-dealkylation sites (tertiary alicyclic amines) is 1. The van der Waals surface area contributed by atoms with Gasteiger partial charge < -0.3 is 9.64 Å². The van der Waals surface area contributed by atoms with Gasteiger partial charge in [-0.2, -0.15) is 0 Å². The predicted molar refractivity (Wildman–Crippen MR) is 93.4 cm³/mol. The first kappa shape index (κ1) is 15.1. The van der Waals surface area contributed by atoms with Crippen molar-refractivity contribution in [2.45, 2.75) is 18.9 Å². The molecule has 1 fully saturated rings. The Labute approximate surface area is 143 Å². The van der Waals surface area contributed by atoms with Gasteiger partial charge in [0.05, 0.1) is 21.9 Å². The lowest BCUT2D eigenvalue weighted by molar-refractivity contribution is 0.0595. The van der Waals surface area contributed by atoms with Crippen LogP contribution in [0.2, 0.25) is 0 Å². The maximum Gasteiger partial charge on any atom is 0.253 e. The number of nitrogens with zero attached hydrogens (tertiary/aromatic N) is 3. The zero-order valence-corrected chi connectivity index (χ0v) is 13.9. The monoisotopic (exact) mass is 339 g/mol. The van der Waals surface area contributed by atoms with Crippen molar-refractivity contribution in [3.05, 3.63) is 53.8 Å². The third-order valence-electron chi connectivity index (χ3n) is 4.24. The standard InChI is InChI=1S/C18H17N3O2S/c22-18(13-3-4-16-17(10-13)24-12-20-16)21-8-5-14(6-9-21)23-15-2-1-7-19-11-15/h1-4,7,10-12,14H,5-6,8-9H2. The van der Waals surface area contributed by atoms with Gasteiger partial charge in [0.1, 0.15) is 11.9 Å². The molecule has 0 saturated carbocycles. The first-order valence-corrected chi connectivity index (χ1v) is 8.87. The van der Waals surface area contributed by atoms with Crippen LogP contribution < -0.4 is 4.74 Å². The fourth-order valence-corrected chi connectivity index (χ4v) is 3.67. The Kier molecular flexibility index (Phi) is 4.13. The van der Waals surface area contributed by atoms with Crippen LogP contribution in [0.3, 0.4) is 0 Å². The third kappa shape index (κ3) is 3.10. The number of hydrogen-bond acceptors (Lipinski definition) is 5. The summed E-state index contributed by atoms with van der Waals surface area (Å²) >= 11 is 1.56. The van der Waals surface area contributed by atoms with Crippen LogP contribution in [0.1, 0.15) is 23.2 Å². The van der Waals surface area contributed by atoms with E-state index in [2.05, 4.69) is 9.97 Å². The van der Waals surface area contributed by atoms with Crippen LogP contribution in [0.15, 0.2) is 48.2 Å². The fourth-order valence-electron chi connectivity index (χ4n) is 2.96. The smallest absolute Gasteiger partial charge is 0.253 e. The van der Waals surface area contributed by atoms with E-state index < -0.39 is 0 Å². The number of carbonyl (C=O) groups excluding carboxylic acids is 1. The summed E-state index contributed by atoms with van der Waals surface area (Å²) in [5, 5.41) is 0. The largest absolute Gasteiger partial charge is 0.489 e. The molecule has 0 bridgehead atoms. The van der Waals surface area contributed by atoms with Gasteiger partial charge in [-0.1, -0.05) is 0 Å². The SMILES string of the molecule is O=C(c1ccc2ncsc2c1)N1CCC(Oc2cccnc2)CC1. The van der Waals surface area contributed by atoms with Gasteiger partial charge in [-0.25, -0.2) is 4.98 Å². The maximum atomic E-state index is 12.7. The van der Waals surface area contributed by atoms with Gasteiger partial charge in [-0.05, 0) is 30.3 Å². The van der Waals surface area contributed by atoms with E-state index in [0.717, 1.165) is 34.4 Å². The van der Waals surface area contributed by atoms with E-state index in [1.165, 1.54) is 0 Å². The van der Waals surface area contributed by atoms with Crippen LogP contribution in [0.25, 0.3) is 10.2 Å². The first-order valence-electron chi connectivity index (χ1n) is 7.99. The molecule has 3 aromatic rings. The van der Waals surface area contributed by atoms with Crippen LogP contribution in [0.5, 0.6) is 5.75 Å². The minimum atomic E-state index is 0.0881. The van der Waals surface area contributed by atoms with E-state index in [9.17, 15) is 4.79 Å². The van der Waals surface area contributed by atoms with E-state index in [4.69, 9.17) is 4.74 Å². The van der Waals surface area contributed by atoms with E-state index >= 15 is 0 Å². The van der Waals surface area contributed by atoms with Gasteiger partial charge in [-0.3, -0.25) is 9.78 Å². The summed E-state index contributed by atoms with van der Waals surface area (Å²) < 4.78 is 6.98. The molecule has 1 saturated heterocycles. The number of carbonyl (C=O) groups is 1. The number of benzene rings is 1. The summed E-state index contributed by atoms with van der Waals surface area (Å²) in [6, 6.07) is 9.49. The van der Waals surface area contributed by atoms with E-state index in [0.29, 0.717) is 13.1 Å². The summed E-state index contributed by atoms with van der Waals surface area (Å²) in [6.07, 6.45) is 5.27. The number of piperidine rings is 1. The molecule has 0 aliphatic carbocycles. The molecule has 0 radical (unpaired) electrons. The molecule has 0 spiro atoms. The molecule has 24 heavy (non-hydrogen) atoms. The van der Waals surface area contributed by atoms with Gasteiger partial charge in [0.2, 0.25) is 0 Å². The number of thiazole rings is 1. The van der Waals surface area contributed by atoms with E-state index in [1.807, 2.05) is 35.2 Å². The Hall–Kier alpha value is -2.47. The zero-order valence-electron chi connectivity index (χ0n) is 13.1. The van der Waals surface area contributed by atoms with E-state index in [-0.39, 0.29) is 12.0 Å². The molecule has 1 aliphatic heterocycles. The van der Waals surface area contributed by atoms with Crippen LogP contribution in [0.4, 0.5) is 0 Å². The number of pyridine rings is 1. The summed E-state index contributed by atoms with van der Waals surface area (Å²) in [7, 11) is 0. The molecular weight excluding hydrogens is 322 g/mol. The van der Waals surface area contributed by atoms with Crippen molar-refractivity contribution in [1.82, 2.24) is 14.9 Å². The molecule has 1 aromatic carbocycles. The molecule has 0 N–H and O–H groups in total. The normalized spacial score (nSPS) is 15.6. The van der Waals surface area contributed by atoms with Crippen molar-refractivity contribution in [2.75, 3.05) is 13.1 Å². The van der Waals surface area contributed by atoms with Crippen molar-refractivity contribution in [1.29, 1.82) is 0 Å². The first-order chi connectivity index (χ1) is 11.8. The molecule has 3 heterocycles. The van der Waals surface area contributed by atoms with Crippen LogP contribution in [0, 0.1) is 0 Å². The highest BCUT2D eigenvalue weighted by Crippen LogP contribution is 2.22. The van der Waals surface area contributed by atoms with Gasteiger partial charge >= 0.3 is 0 Å². The van der Waals surface area contributed by atoms with Gasteiger partial charge in [-0.15, -0.1) is 11.3 Å². The molecular formula is C18H17N3O2S. The number of rotatable bonds is 3. The third-order valence-corrected chi connectivity index (χ3v) is 5.04. The number of hydrogen-bond donors (Lipinski definition) is 0. The van der Waals surface area contributed by atoms with Crippen molar-refractivity contribution >= 4 is 27.5 Å². The second kappa shape index (κ2) is 6.57. The van der Waals surface area contributed by atoms with Gasteiger partial charge in [0.15, 0.2) is 0 Å². The molecule has 1 aliphatic rings. The van der Waals surface area contributed by atoms with Crippen molar-refractivity contribution < 1.29 is 9.53 Å². The lowest BCUT2D eigenvalue weighted by Crippen LogP contribution is -2.41. The van der Waals surface area contributed by atoms with Crippen molar-refractivity contribution in [3.63, 3.8) is 0 Å². The summed E-state index contributed by atoms with van der Waals surface area (Å²) in [4.78, 5) is 22.9. The zero-order chi connectivity index (χ0) is 16.4.